The molecule has 0 fully saturated rings. The molecule has 0 saturated heterocycles. The molecule has 128 valence electrons. The highest BCUT2D eigenvalue weighted by molar-refractivity contribution is 6.32. The third-order valence-corrected chi connectivity index (χ3v) is 4.51. The van der Waals surface area contributed by atoms with Gasteiger partial charge in [0.15, 0.2) is 5.65 Å². The summed E-state index contributed by atoms with van der Waals surface area (Å²) in [4.78, 5) is 9.08. The van der Waals surface area contributed by atoms with E-state index >= 15 is 0 Å². The average molecular weight is 361 g/mol. The predicted octanol–water partition coefficient (Wildman–Crippen LogP) is 5.44. The van der Waals surface area contributed by atoms with Crippen LogP contribution in [0.1, 0.15) is 16.8 Å². The van der Waals surface area contributed by atoms with Crippen LogP contribution in [-0.2, 0) is 0 Å². The fourth-order valence-electron chi connectivity index (χ4n) is 2.79. The summed E-state index contributed by atoms with van der Waals surface area (Å²) >= 11 is 6.42. The molecule has 0 radical (unpaired) electrons. The number of nitrogens with zero attached hydrogens (tertiary/aromatic N) is 4. The molecule has 0 aliphatic rings. The van der Waals surface area contributed by atoms with Crippen molar-refractivity contribution in [3.63, 3.8) is 0 Å². The first-order chi connectivity index (χ1) is 12.6. The van der Waals surface area contributed by atoms with Crippen LogP contribution in [0.25, 0.3) is 16.7 Å². The van der Waals surface area contributed by atoms with Crippen LogP contribution in [0.15, 0.2) is 65.7 Å². The minimum absolute atomic E-state index is 0.408. The standard InChI is InChI=1S/C21H17ClN4/c1-14-8-10-17(11-9-14)23-13-16-12-19-15(2)25-26(21(19)24-20(16)22)18-6-4-3-5-7-18/h3-13H,1-2H3. The van der Waals surface area contributed by atoms with Crippen LogP contribution in [0.4, 0.5) is 5.69 Å². The molecule has 0 bridgehead atoms. The Bertz CT molecular complexity index is 1100. The molecular weight excluding hydrogens is 344 g/mol. The van der Waals surface area contributed by atoms with E-state index in [0.717, 1.165) is 33.7 Å². The Balaban J connectivity index is 1.77. The maximum absolute atomic E-state index is 6.42. The van der Waals surface area contributed by atoms with Crippen molar-refractivity contribution in [1.29, 1.82) is 0 Å². The molecule has 4 rings (SSSR count). The molecule has 0 aliphatic heterocycles. The second kappa shape index (κ2) is 6.73. The lowest BCUT2D eigenvalue weighted by Crippen LogP contribution is -1.98. The van der Waals surface area contributed by atoms with E-state index in [4.69, 9.17) is 11.6 Å². The third kappa shape index (κ3) is 3.11. The van der Waals surface area contributed by atoms with Gasteiger partial charge in [0.2, 0.25) is 0 Å². The first-order valence-corrected chi connectivity index (χ1v) is 8.71. The van der Waals surface area contributed by atoms with Crippen molar-refractivity contribution in [2.45, 2.75) is 13.8 Å². The molecule has 5 heteroatoms. The lowest BCUT2D eigenvalue weighted by Gasteiger charge is -2.03. The molecule has 26 heavy (non-hydrogen) atoms. The van der Waals surface area contributed by atoms with E-state index in [-0.39, 0.29) is 0 Å². The molecule has 4 nitrogen and oxygen atoms in total. The number of halogens is 1. The van der Waals surface area contributed by atoms with Crippen LogP contribution >= 0.6 is 11.6 Å². The Morgan fingerprint density at radius 3 is 2.46 bits per heavy atom. The summed E-state index contributed by atoms with van der Waals surface area (Å²) in [6.07, 6.45) is 1.75. The zero-order valence-corrected chi connectivity index (χ0v) is 15.3. The van der Waals surface area contributed by atoms with Crippen LogP contribution in [0.5, 0.6) is 0 Å². The van der Waals surface area contributed by atoms with Gasteiger partial charge in [0.1, 0.15) is 5.15 Å². The Hall–Kier alpha value is -2.98. The Morgan fingerprint density at radius 2 is 1.73 bits per heavy atom. The minimum Gasteiger partial charge on any atom is -0.256 e. The molecule has 2 heterocycles. The van der Waals surface area contributed by atoms with Gasteiger partial charge in [-0.3, -0.25) is 4.99 Å². The van der Waals surface area contributed by atoms with E-state index in [1.165, 1.54) is 5.56 Å². The van der Waals surface area contributed by atoms with Gasteiger partial charge in [-0.2, -0.15) is 5.10 Å². The number of para-hydroxylation sites is 1. The predicted molar refractivity (Wildman–Crippen MR) is 107 cm³/mol. The van der Waals surface area contributed by atoms with E-state index in [0.29, 0.717) is 5.15 Å². The van der Waals surface area contributed by atoms with Crippen LogP contribution in [0, 0.1) is 13.8 Å². The van der Waals surface area contributed by atoms with Gasteiger partial charge in [-0.1, -0.05) is 47.5 Å². The lowest BCUT2D eigenvalue weighted by atomic mass is 10.2. The molecular formula is C21H17ClN4. The molecule has 2 aromatic carbocycles. The van der Waals surface area contributed by atoms with Crippen LogP contribution in [0.3, 0.4) is 0 Å². The van der Waals surface area contributed by atoms with Crippen LogP contribution < -0.4 is 0 Å². The van der Waals surface area contributed by atoms with E-state index < -0.39 is 0 Å². The van der Waals surface area contributed by atoms with Crippen LogP contribution in [-0.4, -0.2) is 21.0 Å². The molecule has 0 aliphatic carbocycles. The number of benzene rings is 2. The average Bonchev–Trinajstić information content (AvgIpc) is 2.97. The molecule has 0 N–H and O–H groups in total. The van der Waals surface area contributed by atoms with E-state index in [1.807, 2.05) is 72.3 Å². The summed E-state index contributed by atoms with van der Waals surface area (Å²) in [6, 6.07) is 19.9. The van der Waals surface area contributed by atoms with Gasteiger partial charge in [-0.25, -0.2) is 9.67 Å². The minimum atomic E-state index is 0.408. The monoisotopic (exact) mass is 360 g/mol. The molecule has 0 atom stereocenters. The molecule has 4 aromatic rings. The maximum Gasteiger partial charge on any atom is 0.164 e. The molecule has 0 spiro atoms. The number of aliphatic imine (C=N–C) groups is 1. The van der Waals surface area contributed by atoms with Crippen molar-refractivity contribution in [3.8, 4) is 5.69 Å². The van der Waals surface area contributed by atoms with Gasteiger partial charge in [0.25, 0.3) is 0 Å². The topological polar surface area (TPSA) is 43.1 Å². The SMILES string of the molecule is Cc1ccc(N=Cc2cc3c(C)nn(-c4ccccc4)c3nc2Cl)cc1. The number of pyridine rings is 1. The highest BCUT2D eigenvalue weighted by Gasteiger charge is 2.13. The number of aryl methyl sites for hydroxylation is 2. The molecule has 0 unspecified atom stereocenters. The van der Waals surface area contributed by atoms with Gasteiger partial charge >= 0.3 is 0 Å². The zero-order valence-electron chi connectivity index (χ0n) is 14.5. The normalized spacial score (nSPS) is 11.5. The highest BCUT2D eigenvalue weighted by Crippen LogP contribution is 2.25. The van der Waals surface area contributed by atoms with E-state index in [2.05, 4.69) is 22.0 Å². The second-order valence-electron chi connectivity index (χ2n) is 6.17. The number of fused-ring (bicyclic) bond motifs is 1. The summed E-state index contributed by atoms with van der Waals surface area (Å²) in [6.45, 7) is 4.02. The van der Waals surface area contributed by atoms with Crippen molar-refractivity contribution in [2.75, 3.05) is 0 Å². The first-order valence-electron chi connectivity index (χ1n) is 8.34. The number of rotatable bonds is 3. The molecule has 0 amide bonds. The lowest BCUT2D eigenvalue weighted by molar-refractivity contribution is 0.878. The number of hydrogen-bond donors (Lipinski definition) is 0. The summed E-state index contributed by atoms with van der Waals surface area (Å²) in [5.74, 6) is 0. The fourth-order valence-corrected chi connectivity index (χ4v) is 2.97. The summed E-state index contributed by atoms with van der Waals surface area (Å²) in [5.41, 5.74) is 5.45. The maximum atomic E-state index is 6.42. The van der Waals surface area contributed by atoms with Crippen molar-refractivity contribution >= 4 is 34.5 Å². The van der Waals surface area contributed by atoms with E-state index in [1.54, 1.807) is 6.21 Å². The largest absolute Gasteiger partial charge is 0.256 e. The van der Waals surface area contributed by atoms with Gasteiger partial charge in [-0.15, -0.1) is 0 Å². The van der Waals surface area contributed by atoms with Crippen molar-refractivity contribution in [2.24, 2.45) is 4.99 Å². The molecule has 2 aromatic heterocycles. The smallest absolute Gasteiger partial charge is 0.164 e. The van der Waals surface area contributed by atoms with Crippen molar-refractivity contribution in [1.82, 2.24) is 14.8 Å². The first kappa shape index (κ1) is 16.5. The Morgan fingerprint density at radius 1 is 1.00 bits per heavy atom. The van der Waals surface area contributed by atoms with Crippen molar-refractivity contribution in [3.05, 3.63) is 82.6 Å². The summed E-state index contributed by atoms with van der Waals surface area (Å²) < 4.78 is 1.82. The van der Waals surface area contributed by atoms with Crippen LogP contribution in [0.2, 0.25) is 5.15 Å². The highest BCUT2D eigenvalue weighted by atomic mass is 35.5. The van der Waals surface area contributed by atoms with E-state index in [9.17, 15) is 0 Å². The Kier molecular flexibility index (Phi) is 4.27. The quantitative estimate of drug-likeness (QED) is 0.360. The fraction of sp³-hybridized carbons (Fsp3) is 0.0952. The summed E-state index contributed by atoms with van der Waals surface area (Å²) in [7, 11) is 0. The number of aromatic nitrogens is 3. The van der Waals surface area contributed by atoms with Gasteiger partial charge < -0.3 is 0 Å². The second-order valence-corrected chi connectivity index (χ2v) is 6.52. The van der Waals surface area contributed by atoms with Gasteiger partial charge in [0, 0.05) is 17.2 Å². The van der Waals surface area contributed by atoms with Gasteiger partial charge in [0.05, 0.1) is 17.1 Å². The van der Waals surface area contributed by atoms with Crippen molar-refractivity contribution < 1.29 is 0 Å². The zero-order chi connectivity index (χ0) is 18.1. The number of hydrogen-bond acceptors (Lipinski definition) is 3. The third-order valence-electron chi connectivity index (χ3n) is 4.21. The Labute approximate surface area is 156 Å². The molecule has 0 saturated carbocycles. The summed E-state index contributed by atoms with van der Waals surface area (Å²) in [5, 5.41) is 5.99. The van der Waals surface area contributed by atoms with Gasteiger partial charge in [-0.05, 0) is 44.2 Å².